The largest absolute Gasteiger partial charge is 0.480 e. The summed E-state index contributed by atoms with van der Waals surface area (Å²) in [4.78, 5) is 21.5. The van der Waals surface area contributed by atoms with Gasteiger partial charge in [-0.15, -0.1) is 0 Å². The molecule has 0 heterocycles. The standard InChI is InChI=1S/C10H20N2O5/c1-16-5-2-3-8(11)10(15)12-4-6-17-7-9(13)14/h8H,2-7,11H2,1H3,(H,12,15)(H,13,14). The molecule has 0 rings (SSSR count). The predicted octanol–water partition coefficient (Wildman–Crippen LogP) is -1.04. The van der Waals surface area contributed by atoms with Crippen molar-refractivity contribution in [1.29, 1.82) is 0 Å². The predicted molar refractivity (Wildman–Crippen MR) is 60.5 cm³/mol. The second kappa shape index (κ2) is 10.0. The van der Waals surface area contributed by atoms with Crippen LogP contribution in [0.5, 0.6) is 0 Å². The summed E-state index contributed by atoms with van der Waals surface area (Å²) in [6, 6.07) is -0.565. The van der Waals surface area contributed by atoms with E-state index in [-0.39, 0.29) is 25.7 Å². The quantitative estimate of drug-likeness (QED) is 0.426. The maximum atomic E-state index is 11.4. The van der Waals surface area contributed by atoms with Crippen molar-refractivity contribution in [3.05, 3.63) is 0 Å². The summed E-state index contributed by atoms with van der Waals surface area (Å²) in [5.74, 6) is -1.30. The van der Waals surface area contributed by atoms with Crippen molar-refractivity contribution >= 4 is 11.9 Å². The zero-order valence-electron chi connectivity index (χ0n) is 9.98. The number of hydrogen-bond donors (Lipinski definition) is 3. The van der Waals surface area contributed by atoms with Crippen LogP contribution in [0.3, 0.4) is 0 Å². The highest BCUT2D eigenvalue weighted by atomic mass is 16.5. The number of carbonyl (C=O) groups excluding carboxylic acids is 1. The van der Waals surface area contributed by atoms with Crippen LogP contribution in [-0.2, 0) is 19.1 Å². The maximum absolute atomic E-state index is 11.4. The smallest absolute Gasteiger partial charge is 0.329 e. The Morgan fingerprint density at radius 3 is 2.71 bits per heavy atom. The second-order valence-electron chi connectivity index (χ2n) is 3.48. The van der Waals surface area contributed by atoms with E-state index in [1.165, 1.54) is 0 Å². The number of carboxylic acid groups (broad SMARTS) is 1. The molecular formula is C10H20N2O5. The van der Waals surface area contributed by atoms with Gasteiger partial charge in [-0.1, -0.05) is 0 Å². The van der Waals surface area contributed by atoms with E-state index in [9.17, 15) is 9.59 Å². The van der Waals surface area contributed by atoms with Crippen molar-refractivity contribution in [2.75, 3.05) is 33.5 Å². The van der Waals surface area contributed by atoms with Gasteiger partial charge in [-0.3, -0.25) is 4.79 Å². The van der Waals surface area contributed by atoms with Crippen molar-refractivity contribution in [2.24, 2.45) is 5.73 Å². The number of carboxylic acids is 1. The summed E-state index contributed by atoms with van der Waals surface area (Å²) in [5.41, 5.74) is 5.62. The monoisotopic (exact) mass is 248 g/mol. The van der Waals surface area contributed by atoms with E-state index >= 15 is 0 Å². The van der Waals surface area contributed by atoms with Crippen LogP contribution < -0.4 is 11.1 Å². The van der Waals surface area contributed by atoms with E-state index in [4.69, 9.17) is 20.3 Å². The van der Waals surface area contributed by atoms with Gasteiger partial charge in [-0.05, 0) is 12.8 Å². The van der Waals surface area contributed by atoms with Crippen LogP contribution in [0, 0.1) is 0 Å². The molecule has 1 unspecified atom stereocenters. The highest BCUT2D eigenvalue weighted by Crippen LogP contribution is 1.94. The summed E-state index contributed by atoms with van der Waals surface area (Å²) in [6.07, 6.45) is 1.27. The molecule has 0 radical (unpaired) electrons. The number of aliphatic carboxylic acids is 1. The molecule has 7 heteroatoms. The van der Waals surface area contributed by atoms with Gasteiger partial charge in [0, 0.05) is 20.3 Å². The van der Waals surface area contributed by atoms with Crippen molar-refractivity contribution < 1.29 is 24.2 Å². The van der Waals surface area contributed by atoms with Crippen LogP contribution in [0.4, 0.5) is 0 Å². The number of nitrogens with one attached hydrogen (secondary N) is 1. The topological polar surface area (TPSA) is 111 Å². The lowest BCUT2D eigenvalue weighted by Gasteiger charge is -2.11. The maximum Gasteiger partial charge on any atom is 0.329 e. The molecule has 0 aliphatic carbocycles. The first kappa shape index (κ1) is 15.8. The Bertz CT molecular complexity index is 235. The highest BCUT2D eigenvalue weighted by molar-refractivity contribution is 5.81. The Morgan fingerprint density at radius 1 is 1.41 bits per heavy atom. The van der Waals surface area contributed by atoms with Gasteiger partial charge in [-0.25, -0.2) is 4.79 Å². The summed E-state index contributed by atoms with van der Waals surface area (Å²) < 4.78 is 9.59. The molecule has 0 aromatic heterocycles. The van der Waals surface area contributed by atoms with Gasteiger partial charge in [-0.2, -0.15) is 0 Å². The zero-order chi connectivity index (χ0) is 13.1. The number of nitrogens with two attached hydrogens (primary N) is 1. The molecule has 4 N–H and O–H groups in total. The molecule has 17 heavy (non-hydrogen) atoms. The van der Waals surface area contributed by atoms with Gasteiger partial charge >= 0.3 is 5.97 Å². The molecule has 0 fully saturated rings. The Kier molecular flexibility index (Phi) is 9.31. The second-order valence-corrected chi connectivity index (χ2v) is 3.48. The molecule has 0 spiro atoms. The number of methoxy groups -OCH3 is 1. The molecule has 7 nitrogen and oxygen atoms in total. The SMILES string of the molecule is COCCCC(N)C(=O)NCCOCC(=O)O. The van der Waals surface area contributed by atoms with Crippen LogP contribution >= 0.6 is 0 Å². The summed E-state index contributed by atoms with van der Waals surface area (Å²) >= 11 is 0. The third kappa shape index (κ3) is 9.73. The molecule has 0 aliphatic rings. The van der Waals surface area contributed by atoms with Crippen LogP contribution in [0.1, 0.15) is 12.8 Å². The third-order valence-electron chi connectivity index (χ3n) is 1.97. The van der Waals surface area contributed by atoms with Gasteiger partial charge < -0.3 is 25.6 Å². The number of carbonyl (C=O) groups is 2. The van der Waals surface area contributed by atoms with Gasteiger partial charge in [0.15, 0.2) is 0 Å². The number of amides is 1. The van der Waals surface area contributed by atoms with Gasteiger partial charge in [0.25, 0.3) is 0 Å². The fourth-order valence-corrected chi connectivity index (χ4v) is 1.12. The summed E-state index contributed by atoms with van der Waals surface area (Å²) in [5, 5.41) is 10.8. The third-order valence-corrected chi connectivity index (χ3v) is 1.97. The average molecular weight is 248 g/mol. The normalized spacial score (nSPS) is 12.1. The highest BCUT2D eigenvalue weighted by Gasteiger charge is 2.11. The van der Waals surface area contributed by atoms with E-state index < -0.39 is 12.0 Å². The molecule has 0 saturated carbocycles. The Hall–Kier alpha value is -1.18. The number of ether oxygens (including phenoxy) is 2. The Balaban J connectivity index is 3.47. The minimum Gasteiger partial charge on any atom is -0.480 e. The molecule has 100 valence electrons. The van der Waals surface area contributed by atoms with Crippen molar-refractivity contribution in [1.82, 2.24) is 5.32 Å². The molecule has 0 aromatic rings. The molecule has 0 aromatic carbocycles. The first-order chi connectivity index (χ1) is 8.07. The molecule has 0 saturated heterocycles. The van der Waals surface area contributed by atoms with E-state index in [0.29, 0.717) is 13.0 Å². The van der Waals surface area contributed by atoms with E-state index in [2.05, 4.69) is 5.32 Å². The molecule has 1 amide bonds. The molecule has 0 aliphatic heterocycles. The lowest BCUT2D eigenvalue weighted by molar-refractivity contribution is -0.142. The van der Waals surface area contributed by atoms with E-state index in [1.54, 1.807) is 7.11 Å². The van der Waals surface area contributed by atoms with Crippen molar-refractivity contribution in [3.8, 4) is 0 Å². The average Bonchev–Trinajstić information content (AvgIpc) is 2.28. The lowest BCUT2D eigenvalue weighted by Crippen LogP contribution is -2.42. The number of rotatable bonds is 10. The van der Waals surface area contributed by atoms with E-state index in [1.807, 2.05) is 0 Å². The Labute approximate surface area is 100 Å². The fourth-order valence-electron chi connectivity index (χ4n) is 1.12. The Morgan fingerprint density at radius 2 is 2.12 bits per heavy atom. The minimum atomic E-state index is -1.03. The summed E-state index contributed by atoms with van der Waals surface area (Å²) in [7, 11) is 1.59. The molecule has 0 bridgehead atoms. The minimum absolute atomic E-state index is 0.156. The van der Waals surface area contributed by atoms with Crippen molar-refractivity contribution in [3.63, 3.8) is 0 Å². The lowest BCUT2D eigenvalue weighted by atomic mass is 10.1. The van der Waals surface area contributed by atoms with Crippen LogP contribution in [-0.4, -0.2) is 56.5 Å². The van der Waals surface area contributed by atoms with Crippen LogP contribution in [0.25, 0.3) is 0 Å². The fraction of sp³-hybridized carbons (Fsp3) is 0.800. The number of hydrogen-bond acceptors (Lipinski definition) is 5. The van der Waals surface area contributed by atoms with Gasteiger partial charge in [0.05, 0.1) is 12.6 Å². The summed E-state index contributed by atoms with van der Waals surface area (Å²) in [6.45, 7) is 0.616. The first-order valence-corrected chi connectivity index (χ1v) is 5.39. The van der Waals surface area contributed by atoms with E-state index in [0.717, 1.165) is 6.42 Å². The van der Waals surface area contributed by atoms with Crippen molar-refractivity contribution in [2.45, 2.75) is 18.9 Å². The van der Waals surface area contributed by atoms with Crippen LogP contribution in [0.15, 0.2) is 0 Å². The van der Waals surface area contributed by atoms with Gasteiger partial charge in [0.2, 0.25) is 5.91 Å². The zero-order valence-corrected chi connectivity index (χ0v) is 9.98. The molecule has 1 atom stereocenters. The van der Waals surface area contributed by atoms with Crippen LogP contribution in [0.2, 0.25) is 0 Å². The van der Waals surface area contributed by atoms with Gasteiger partial charge in [0.1, 0.15) is 6.61 Å². The molecular weight excluding hydrogens is 228 g/mol. The first-order valence-electron chi connectivity index (χ1n) is 5.39.